The Morgan fingerprint density at radius 1 is 1.10 bits per heavy atom. The predicted molar refractivity (Wildman–Crippen MR) is 85.6 cm³/mol. The van der Waals surface area contributed by atoms with E-state index in [1.807, 2.05) is 24.3 Å². The maximum atomic E-state index is 13.8. The molecule has 0 amide bonds. The van der Waals surface area contributed by atoms with Crippen molar-refractivity contribution in [1.82, 2.24) is 0 Å². The molecule has 0 saturated carbocycles. The van der Waals surface area contributed by atoms with Gasteiger partial charge in [0, 0.05) is 23.5 Å². The molecule has 0 bridgehead atoms. The monoisotopic (exact) mass is 287 g/mol. The summed E-state index contributed by atoms with van der Waals surface area (Å²) in [6.07, 6.45) is -0.715. The van der Waals surface area contributed by atoms with E-state index >= 15 is 0 Å². The first kappa shape index (κ1) is 15.5. The normalized spacial score (nSPS) is 12.3. The Morgan fingerprint density at radius 3 is 2.33 bits per heavy atom. The van der Waals surface area contributed by atoms with Crippen LogP contribution in [-0.2, 0) is 0 Å². The van der Waals surface area contributed by atoms with Crippen molar-refractivity contribution in [3.63, 3.8) is 0 Å². The van der Waals surface area contributed by atoms with Crippen molar-refractivity contribution in [2.75, 3.05) is 11.4 Å². The number of anilines is 2. The van der Waals surface area contributed by atoms with E-state index in [1.54, 1.807) is 13.8 Å². The van der Waals surface area contributed by atoms with Crippen LogP contribution in [0.25, 0.3) is 0 Å². The zero-order valence-corrected chi connectivity index (χ0v) is 13.0. The highest BCUT2D eigenvalue weighted by molar-refractivity contribution is 5.70. The van der Waals surface area contributed by atoms with Gasteiger partial charge in [0.25, 0.3) is 0 Å². The second-order valence-electron chi connectivity index (χ2n) is 5.37. The molecule has 0 unspecified atom stereocenters. The van der Waals surface area contributed by atoms with Crippen LogP contribution in [0.1, 0.15) is 36.6 Å². The molecule has 1 atom stereocenters. The predicted octanol–water partition coefficient (Wildman–Crippen LogP) is 4.65. The van der Waals surface area contributed by atoms with Gasteiger partial charge < -0.3 is 10.0 Å². The minimum Gasteiger partial charge on any atom is -0.389 e. The van der Waals surface area contributed by atoms with Crippen LogP contribution in [0.5, 0.6) is 0 Å². The lowest BCUT2D eigenvalue weighted by atomic mass is 10.0. The number of para-hydroxylation sites is 1. The topological polar surface area (TPSA) is 23.5 Å². The molecule has 2 rings (SSSR count). The fraction of sp³-hybridized carbons (Fsp3) is 0.333. The SMILES string of the molecule is CCN(c1ccccc1C)c1cc(C)c(F)cc1[C@@H](C)O. The molecule has 0 aliphatic rings. The number of aliphatic hydroxyl groups is 1. The average Bonchev–Trinajstić information content (AvgIpc) is 2.44. The summed E-state index contributed by atoms with van der Waals surface area (Å²) in [6, 6.07) is 11.3. The lowest BCUT2D eigenvalue weighted by molar-refractivity contribution is 0.199. The molecule has 0 radical (unpaired) electrons. The third kappa shape index (κ3) is 3.08. The second-order valence-corrected chi connectivity index (χ2v) is 5.37. The number of benzene rings is 2. The molecule has 112 valence electrons. The van der Waals surface area contributed by atoms with Crippen LogP contribution in [0.3, 0.4) is 0 Å². The van der Waals surface area contributed by atoms with Crippen molar-refractivity contribution < 1.29 is 9.50 Å². The maximum Gasteiger partial charge on any atom is 0.126 e. The first-order valence-corrected chi connectivity index (χ1v) is 7.27. The van der Waals surface area contributed by atoms with Gasteiger partial charge in [-0.2, -0.15) is 0 Å². The molecule has 3 heteroatoms. The Labute approximate surface area is 125 Å². The van der Waals surface area contributed by atoms with Crippen molar-refractivity contribution in [2.45, 2.75) is 33.8 Å². The molecule has 21 heavy (non-hydrogen) atoms. The van der Waals surface area contributed by atoms with E-state index in [-0.39, 0.29) is 5.82 Å². The minimum atomic E-state index is -0.715. The first-order valence-electron chi connectivity index (χ1n) is 7.27. The Hall–Kier alpha value is -1.87. The van der Waals surface area contributed by atoms with Gasteiger partial charge in [-0.1, -0.05) is 18.2 Å². The van der Waals surface area contributed by atoms with Crippen LogP contribution in [0.15, 0.2) is 36.4 Å². The van der Waals surface area contributed by atoms with Crippen LogP contribution >= 0.6 is 0 Å². The smallest absolute Gasteiger partial charge is 0.126 e. The Morgan fingerprint density at radius 2 is 1.76 bits per heavy atom. The van der Waals surface area contributed by atoms with Crippen molar-refractivity contribution in [1.29, 1.82) is 0 Å². The highest BCUT2D eigenvalue weighted by Gasteiger charge is 2.18. The van der Waals surface area contributed by atoms with Gasteiger partial charge in [-0.3, -0.25) is 0 Å². The van der Waals surface area contributed by atoms with Crippen molar-refractivity contribution in [3.8, 4) is 0 Å². The van der Waals surface area contributed by atoms with Gasteiger partial charge in [-0.15, -0.1) is 0 Å². The highest BCUT2D eigenvalue weighted by Crippen LogP contribution is 2.35. The summed E-state index contributed by atoms with van der Waals surface area (Å²) in [6.45, 7) is 8.26. The Bertz CT molecular complexity index is 637. The van der Waals surface area contributed by atoms with Crippen molar-refractivity contribution in [2.24, 2.45) is 0 Å². The van der Waals surface area contributed by atoms with Crippen LogP contribution in [0.2, 0.25) is 0 Å². The summed E-state index contributed by atoms with van der Waals surface area (Å²) < 4.78 is 13.8. The summed E-state index contributed by atoms with van der Waals surface area (Å²) in [5, 5.41) is 9.99. The summed E-state index contributed by atoms with van der Waals surface area (Å²) >= 11 is 0. The van der Waals surface area contributed by atoms with Crippen LogP contribution in [0, 0.1) is 19.7 Å². The standard InChI is InChI=1S/C18H22FNO/c1-5-20(17-9-7-6-8-12(17)2)18-10-13(3)16(19)11-15(18)14(4)21/h6-11,14,21H,5H2,1-4H3/t14-/m1/s1. The summed E-state index contributed by atoms with van der Waals surface area (Å²) in [5.74, 6) is -0.282. The summed E-state index contributed by atoms with van der Waals surface area (Å²) in [5.41, 5.74) is 4.29. The van der Waals surface area contributed by atoms with E-state index in [0.29, 0.717) is 11.1 Å². The lowest BCUT2D eigenvalue weighted by Gasteiger charge is -2.28. The lowest BCUT2D eigenvalue weighted by Crippen LogP contribution is -2.19. The molecule has 0 heterocycles. The zero-order valence-electron chi connectivity index (χ0n) is 13.0. The fourth-order valence-corrected chi connectivity index (χ4v) is 2.59. The van der Waals surface area contributed by atoms with E-state index in [2.05, 4.69) is 24.8 Å². The largest absolute Gasteiger partial charge is 0.389 e. The molecule has 0 saturated heterocycles. The van der Waals surface area contributed by atoms with Gasteiger partial charge in [-0.05, 0) is 57.0 Å². The van der Waals surface area contributed by atoms with E-state index in [4.69, 9.17) is 0 Å². The van der Waals surface area contributed by atoms with Gasteiger partial charge in [0.05, 0.1) is 6.10 Å². The summed E-state index contributed by atoms with van der Waals surface area (Å²) in [7, 11) is 0. The van der Waals surface area contributed by atoms with E-state index in [1.165, 1.54) is 6.07 Å². The van der Waals surface area contributed by atoms with Gasteiger partial charge >= 0.3 is 0 Å². The highest BCUT2D eigenvalue weighted by atomic mass is 19.1. The van der Waals surface area contributed by atoms with Gasteiger partial charge in [0.1, 0.15) is 5.82 Å². The average molecular weight is 287 g/mol. The van der Waals surface area contributed by atoms with Crippen LogP contribution in [-0.4, -0.2) is 11.7 Å². The number of hydrogen-bond acceptors (Lipinski definition) is 2. The third-order valence-electron chi connectivity index (χ3n) is 3.77. The minimum absolute atomic E-state index is 0.282. The quantitative estimate of drug-likeness (QED) is 0.884. The molecule has 2 nitrogen and oxygen atoms in total. The Kier molecular flexibility index (Phi) is 4.63. The fourth-order valence-electron chi connectivity index (χ4n) is 2.59. The van der Waals surface area contributed by atoms with Crippen molar-refractivity contribution >= 4 is 11.4 Å². The molecule has 0 fully saturated rings. The van der Waals surface area contributed by atoms with E-state index < -0.39 is 6.10 Å². The van der Waals surface area contributed by atoms with Crippen LogP contribution in [0.4, 0.5) is 15.8 Å². The van der Waals surface area contributed by atoms with E-state index in [0.717, 1.165) is 23.5 Å². The van der Waals surface area contributed by atoms with Gasteiger partial charge in [0.2, 0.25) is 0 Å². The number of rotatable bonds is 4. The first-order chi connectivity index (χ1) is 9.95. The van der Waals surface area contributed by atoms with E-state index in [9.17, 15) is 9.50 Å². The third-order valence-corrected chi connectivity index (χ3v) is 3.77. The summed E-state index contributed by atoms with van der Waals surface area (Å²) in [4.78, 5) is 2.11. The molecule has 2 aromatic rings. The molecule has 0 aliphatic heterocycles. The van der Waals surface area contributed by atoms with Crippen LogP contribution < -0.4 is 4.90 Å². The maximum absolute atomic E-state index is 13.8. The van der Waals surface area contributed by atoms with Gasteiger partial charge in [0.15, 0.2) is 0 Å². The number of halogens is 1. The molecule has 0 spiro atoms. The van der Waals surface area contributed by atoms with Gasteiger partial charge in [-0.25, -0.2) is 4.39 Å². The molecule has 1 N–H and O–H groups in total. The second kappa shape index (κ2) is 6.27. The zero-order chi connectivity index (χ0) is 15.6. The molecule has 2 aromatic carbocycles. The number of aryl methyl sites for hydroxylation is 2. The van der Waals surface area contributed by atoms with Crippen molar-refractivity contribution in [3.05, 3.63) is 58.9 Å². The number of nitrogens with zero attached hydrogens (tertiary/aromatic N) is 1. The number of hydrogen-bond donors (Lipinski definition) is 1. The molecular weight excluding hydrogens is 265 g/mol. The molecular formula is C18H22FNO. The molecule has 0 aromatic heterocycles. The number of aliphatic hydroxyl groups excluding tert-OH is 1. The Balaban J connectivity index is 2.62. The molecule has 0 aliphatic carbocycles.